The SMILES string of the molecule is CCCN(CC(=O)OC)S(=O)(=O)c1ccc([N+](=O)[O-])cc1. The van der Waals surface area contributed by atoms with E-state index in [1.54, 1.807) is 6.92 Å². The van der Waals surface area contributed by atoms with Crippen LogP contribution in [0.1, 0.15) is 13.3 Å². The van der Waals surface area contributed by atoms with E-state index in [1.807, 2.05) is 0 Å². The van der Waals surface area contributed by atoms with Gasteiger partial charge in [-0.25, -0.2) is 8.42 Å². The molecule has 0 N–H and O–H groups in total. The van der Waals surface area contributed by atoms with Crippen LogP contribution in [0.15, 0.2) is 29.2 Å². The largest absolute Gasteiger partial charge is 0.468 e. The molecular weight excluding hydrogens is 300 g/mol. The van der Waals surface area contributed by atoms with Crippen molar-refractivity contribution < 1.29 is 22.9 Å². The van der Waals surface area contributed by atoms with Gasteiger partial charge < -0.3 is 4.74 Å². The molecule has 116 valence electrons. The summed E-state index contributed by atoms with van der Waals surface area (Å²) < 4.78 is 30.3. The lowest BCUT2D eigenvalue weighted by Gasteiger charge is -2.20. The zero-order valence-corrected chi connectivity index (χ0v) is 12.5. The summed E-state index contributed by atoms with van der Waals surface area (Å²) >= 11 is 0. The third-order valence-electron chi connectivity index (χ3n) is 2.69. The van der Waals surface area contributed by atoms with Crippen LogP contribution in [0.5, 0.6) is 0 Å². The second-order valence-corrected chi connectivity index (χ2v) is 6.10. The normalized spacial score (nSPS) is 11.4. The number of esters is 1. The van der Waals surface area contributed by atoms with Crippen molar-refractivity contribution in [3.8, 4) is 0 Å². The van der Waals surface area contributed by atoms with Crippen molar-refractivity contribution in [1.82, 2.24) is 4.31 Å². The number of hydrogen-bond acceptors (Lipinski definition) is 6. The van der Waals surface area contributed by atoms with Crippen LogP contribution >= 0.6 is 0 Å². The van der Waals surface area contributed by atoms with Gasteiger partial charge in [0, 0.05) is 18.7 Å². The number of nitro benzene ring substituents is 1. The molecule has 1 aromatic carbocycles. The zero-order valence-electron chi connectivity index (χ0n) is 11.7. The number of non-ortho nitro benzene ring substituents is 1. The van der Waals surface area contributed by atoms with Gasteiger partial charge >= 0.3 is 5.97 Å². The molecule has 21 heavy (non-hydrogen) atoms. The summed E-state index contributed by atoms with van der Waals surface area (Å²) in [6, 6.07) is 4.51. The monoisotopic (exact) mass is 316 g/mol. The summed E-state index contributed by atoms with van der Waals surface area (Å²) in [5.74, 6) is -0.672. The number of rotatable bonds is 7. The van der Waals surface area contributed by atoms with Crippen LogP contribution in [-0.2, 0) is 19.6 Å². The Morgan fingerprint density at radius 2 is 1.90 bits per heavy atom. The number of ether oxygens (including phenoxy) is 1. The smallest absolute Gasteiger partial charge is 0.321 e. The molecule has 0 amide bonds. The molecular formula is C12H16N2O6S. The lowest BCUT2D eigenvalue weighted by Crippen LogP contribution is -2.36. The van der Waals surface area contributed by atoms with Gasteiger partial charge in [-0.1, -0.05) is 6.92 Å². The van der Waals surface area contributed by atoms with Crippen molar-refractivity contribution in [3.05, 3.63) is 34.4 Å². The Balaban J connectivity index is 3.09. The Morgan fingerprint density at radius 3 is 2.33 bits per heavy atom. The fourth-order valence-corrected chi connectivity index (χ4v) is 3.11. The van der Waals surface area contributed by atoms with Crippen LogP contribution in [0.3, 0.4) is 0 Å². The van der Waals surface area contributed by atoms with E-state index in [0.717, 1.165) is 28.6 Å². The van der Waals surface area contributed by atoms with Gasteiger partial charge in [-0.15, -0.1) is 0 Å². The van der Waals surface area contributed by atoms with Gasteiger partial charge in [-0.05, 0) is 18.6 Å². The molecule has 1 rings (SSSR count). The Morgan fingerprint density at radius 1 is 1.33 bits per heavy atom. The minimum Gasteiger partial charge on any atom is -0.468 e. The van der Waals surface area contributed by atoms with Crippen LogP contribution < -0.4 is 0 Å². The summed E-state index contributed by atoms with van der Waals surface area (Å²) in [6.45, 7) is 1.52. The van der Waals surface area contributed by atoms with E-state index >= 15 is 0 Å². The molecule has 0 spiro atoms. The standard InChI is InChI=1S/C12H16N2O6S/c1-3-8-13(9-12(15)20-2)21(18,19)11-6-4-10(5-7-11)14(16)17/h4-7H,3,8-9H2,1-2H3. The maximum Gasteiger partial charge on any atom is 0.321 e. The molecule has 0 aromatic heterocycles. The molecule has 1 aromatic rings. The Labute approximate surface area is 122 Å². The third kappa shape index (κ3) is 4.23. The molecule has 0 fully saturated rings. The van der Waals surface area contributed by atoms with Gasteiger partial charge in [-0.2, -0.15) is 4.31 Å². The highest BCUT2D eigenvalue weighted by molar-refractivity contribution is 7.89. The average molecular weight is 316 g/mol. The second-order valence-electron chi connectivity index (χ2n) is 4.17. The molecule has 0 atom stereocenters. The van der Waals surface area contributed by atoms with Crippen molar-refractivity contribution in [3.63, 3.8) is 0 Å². The van der Waals surface area contributed by atoms with Crippen LogP contribution in [-0.4, -0.2) is 43.8 Å². The minimum absolute atomic E-state index is 0.106. The van der Waals surface area contributed by atoms with Crippen LogP contribution in [0.4, 0.5) is 5.69 Å². The molecule has 8 nitrogen and oxygen atoms in total. The average Bonchev–Trinajstić information content (AvgIpc) is 2.46. The summed E-state index contributed by atoms with van der Waals surface area (Å²) in [5, 5.41) is 10.6. The van der Waals surface area contributed by atoms with Crippen molar-refractivity contribution >= 4 is 21.7 Å². The molecule has 0 heterocycles. The first-order chi connectivity index (χ1) is 9.82. The number of nitrogens with zero attached hydrogens (tertiary/aromatic N) is 2. The van der Waals surface area contributed by atoms with Crippen molar-refractivity contribution in [2.45, 2.75) is 18.2 Å². The van der Waals surface area contributed by atoms with E-state index in [-0.39, 0.29) is 17.1 Å². The lowest BCUT2D eigenvalue weighted by atomic mass is 10.3. The number of benzene rings is 1. The number of carbonyl (C=O) groups excluding carboxylic acids is 1. The summed E-state index contributed by atoms with van der Waals surface area (Å²) in [4.78, 5) is 21.1. The van der Waals surface area contributed by atoms with Crippen molar-refractivity contribution in [1.29, 1.82) is 0 Å². The summed E-state index contributed by atoms with van der Waals surface area (Å²) in [6.07, 6.45) is 0.517. The molecule has 0 aliphatic carbocycles. The number of carbonyl (C=O) groups is 1. The molecule has 0 aliphatic rings. The zero-order chi connectivity index (χ0) is 16.0. The van der Waals surface area contributed by atoms with Gasteiger partial charge in [0.1, 0.15) is 6.54 Å². The fourth-order valence-electron chi connectivity index (χ4n) is 1.63. The second kappa shape index (κ2) is 7.14. The maximum absolute atomic E-state index is 12.4. The maximum atomic E-state index is 12.4. The predicted molar refractivity (Wildman–Crippen MR) is 74.2 cm³/mol. The molecule has 0 saturated heterocycles. The summed E-state index contributed by atoms with van der Waals surface area (Å²) in [5.41, 5.74) is -0.205. The number of methoxy groups -OCH3 is 1. The Bertz CT molecular complexity index is 611. The van der Waals surface area contributed by atoms with Gasteiger partial charge in [0.05, 0.1) is 16.9 Å². The highest BCUT2D eigenvalue weighted by Gasteiger charge is 2.26. The van der Waals surface area contributed by atoms with E-state index in [2.05, 4.69) is 4.74 Å². The van der Waals surface area contributed by atoms with Gasteiger partial charge in [-0.3, -0.25) is 14.9 Å². The van der Waals surface area contributed by atoms with Crippen LogP contribution in [0.25, 0.3) is 0 Å². The van der Waals surface area contributed by atoms with Crippen molar-refractivity contribution in [2.75, 3.05) is 20.2 Å². The predicted octanol–water partition coefficient (Wildman–Crippen LogP) is 1.17. The first-order valence-corrected chi connectivity index (χ1v) is 7.58. The van der Waals surface area contributed by atoms with E-state index in [1.165, 1.54) is 7.11 Å². The van der Waals surface area contributed by atoms with Crippen molar-refractivity contribution in [2.24, 2.45) is 0 Å². The van der Waals surface area contributed by atoms with E-state index in [0.29, 0.717) is 6.42 Å². The van der Waals surface area contributed by atoms with E-state index < -0.39 is 27.5 Å². The molecule has 0 aliphatic heterocycles. The van der Waals surface area contributed by atoms with E-state index in [9.17, 15) is 23.3 Å². The van der Waals surface area contributed by atoms with E-state index in [4.69, 9.17) is 0 Å². The van der Waals surface area contributed by atoms with Gasteiger partial charge in [0.2, 0.25) is 10.0 Å². The first-order valence-electron chi connectivity index (χ1n) is 6.14. The number of nitro groups is 1. The van der Waals surface area contributed by atoms with Crippen LogP contribution in [0, 0.1) is 10.1 Å². The van der Waals surface area contributed by atoms with Gasteiger partial charge in [0.15, 0.2) is 0 Å². The first kappa shape index (κ1) is 17.1. The topological polar surface area (TPSA) is 107 Å². The molecule has 0 bridgehead atoms. The quantitative estimate of drug-likeness (QED) is 0.424. The highest BCUT2D eigenvalue weighted by Crippen LogP contribution is 2.19. The minimum atomic E-state index is -3.90. The number of sulfonamides is 1. The highest BCUT2D eigenvalue weighted by atomic mass is 32.2. The molecule has 0 radical (unpaired) electrons. The fraction of sp³-hybridized carbons (Fsp3) is 0.417. The summed E-state index contributed by atoms with van der Waals surface area (Å²) in [7, 11) is -2.73. The molecule has 0 unspecified atom stereocenters. The lowest BCUT2D eigenvalue weighted by molar-refractivity contribution is -0.384. The Kier molecular flexibility index (Phi) is 5.79. The Hall–Kier alpha value is -2.00. The molecule has 9 heteroatoms. The van der Waals surface area contributed by atoms with Gasteiger partial charge in [0.25, 0.3) is 5.69 Å². The molecule has 0 saturated carbocycles. The third-order valence-corrected chi connectivity index (χ3v) is 4.55. The number of hydrogen-bond donors (Lipinski definition) is 0. The van der Waals surface area contributed by atoms with Crippen LogP contribution in [0.2, 0.25) is 0 Å².